The summed E-state index contributed by atoms with van der Waals surface area (Å²) in [5, 5.41) is 0. The second-order valence-electron chi connectivity index (χ2n) is 3.86. The fourth-order valence-electron chi connectivity index (χ4n) is 1.65. The third-order valence-electron chi connectivity index (χ3n) is 2.55. The Kier molecular flexibility index (Phi) is 3.00. The molecule has 1 aromatic heterocycles. The highest BCUT2D eigenvalue weighted by Gasteiger charge is 2.32. The van der Waals surface area contributed by atoms with Gasteiger partial charge in [0.15, 0.2) is 0 Å². The summed E-state index contributed by atoms with van der Waals surface area (Å²) >= 11 is 5.69. The second kappa shape index (κ2) is 4.27. The van der Waals surface area contributed by atoms with Crippen molar-refractivity contribution in [2.75, 3.05) is 12.4 Å². The SMILES string of the molecule is Cc1cc(C(=O)N(CCCl)C2CC2)co1. The van der Waals surface area contributed by atoms with Gasteiger partial charge < -0.3 is 9.32 Å². The van der Waals surface area contributed by atoms with E-state index >= 15 is 0 Å². The van der Waals surface area contributed by atoms with Crippen LogP contribution in [-0.2, 0) is 0 Å². The van der Waals surface area contributed by atoms with Gasteiger partial charge in [0.2, 0.25) is 0 Å². The van der Waals surface area contributed by atoms with Crippen LogP contribution in [0.1, 0.15) is 29.0 Å². The van der Waals surface area contributed by atoms with Crippen molar-refractivity contribution in [3.8, 4) is 0 Å². The largest absolute Gasteiger partial charge is 0.469 e. The fourth-order valence-corrected chi connectivity index (χ4v) is 1.83. The maximum Gasteiger partial charge on any atom is 0.257 e. The molecular formula is C11H14ClNO2. The highest BCUT2D eigenvalue weighted by atomic mass is 35.5. The quantitative estimate of drug-likeness (QED) is 0.741. The molecule has 1 aliphatic rings. The van der Waals surface area contributed by atoms with E-state index in [0.717, 1.165) is 18.6 Å². The highest BCUT2D eigenvalue weighted by Crippen LogP contribution is 2.28. The molecule has 0 spiro atoms. The van der Waals surface area contributed by atoms with Crippen LogP contribution in [0.4, 0.5) is 0 Å². The molecule has 2 rings (SSSR count). The molecule has 15 heavy (non-hydrogen) atoms. The molecular weight excluding hydrogens is 214 g/mol. The summed E-state index contributed by atoms with van der Waals surface area (Å²) in [6, 6.07) is 2.16. The first-order valence-electron chi connectivity index (χ1n) is 5.14. The molecule has 82 valence electrons. The Balaban J connectivity index is 2.10. The van der Waals surface area contributed by atoms with Crippen molar-refractivity contribution in [3.63, 3.8) is 0 Å². The normalized spacial score (nSPS) is 15.3. The lowest BCUT2D eigenvalue weighted by Gasteiger charge is -2.20. The number of nitrogens with zero attached hydrogens (tertiary/aromatic N) is 1. The van der Waals surface area contributed by atoms with Crippen LogP contribution < -0.4 is 0 Å². The van der Waals surface area contributed by atoms with Gasteiger partial charge in [-0.25, -0.2) is 0 Å². The third kappa shape index (κ3) is 2.34. The van der Waals surface area contributed by atoms with Gasteiger partial charge >= 0.3 is 0 Å². The van der Waals surface area contributed by atoms with Crippen molar-refractivity contribution in [2.45, 2.75) is 25.8 Å². The van der Waals surface area contributed by atoms with E-state index in [9.17, 15) is 4.79 Å². The molecule has 0 unspecified atom stereocenters. The number of hydrogen-bond acceptors (Lipinski definition) is 2. The van der Waals surface area contributed by atoms with Crippen LogP contribution in [0.15, 0.2) is 16.7 Å². The topological polar surface area (TPSA) is 33.5 Å². The van der Waals surface area contributed by atoms with Crippen LogP contribution in [0, 0.1) is 6.92 Å². The van der Waals surface area contributed by atoms with E-state index in [-0.39, 0.29) is 5.91 Å². The standard InChI is InChI=1S/C11H14ClNO2/c1-8-6-9(7-15-8)11(14)13(5-4-12)10-2-3-10/h6-7,10H,2-5H2,1H3. The summed E-state index contributed by atoms with van der Waals surface area (Å²) in [7, 11) is 0. The molecule has 0 atom stereocenters. The summed E-state index contributed by atoms with van der Waals surface area (Å²) in [6.07, 6.45) is 3.71. The van der Waals surface area contributed by atoms with Crippen LogP contribution in [0.25, 0.3) is 0 Å². The monoisotopic (exact) mass is 227 g/mol. The van der Waals surface area contributed by atoms with Crippen LogP contribution in [0.3, 0.4) is 0 Å². The number of halogens is 1. The molecule has 1 aliphatic carbocycles. The predicted octanol–water partition coefficient (Wildman–Crippen LogP) is 2.43. The Morgan fingerprint density at radius 1 is 1.67 bits per heavy atom. The second-order valence-corrected chi connectivity index (χ2v) is 4.24. The zero-order valence-corrected chi connectivity index (χ0v) is 9.46. The maximum absolute atomic E-state index is 12.0. The van der Waals surface area contributed by atoms with Gasteiger partial charge in [0.05, 0.1) is 5.56 Å². The zero-order valence-electron chi connectivity index (χ0n) is 8.70. The van der Waals surface area contributed by atoms with Gasteiger partial charge in [0.1, 0.15) is 12.0 Å². The van der Waals surface area contributed by atoms with E-state index in [1.165, 1.54) is 6.26 Å². The van der Waals surface area contributed by atoms with Gasteiger partial charge in [-0.05, 0) is 25.8 Å². The number of carbonyl (C=O) groups excluding carboxylic acids is 1. The number of hydrogen-bond donors (Lipinski definition) is 0. The van der Waals surface area contributed by atoms with Crippen molar-refractivity contribution in [1.29, 1.82) is 0 Å². The lowest BCUT2D eigenvalue weighted by Crippen LogP contribution is -2.34. The molecule has 1 heterocycles. The van der Waals surface area contributed by atoms with Crippen LogP contribution in [-0.4, -0.2) is 29.3 Å². The summed E-state index contributed by atoms with van der Waals surface area (Å²) < 4.78 is 5.13. The lowest BCUT2D eigenvalue weighted by molar-refractivity contribution is 0.0753. The van der Waals surface area contributed by atoms with Crippen molar-refractivity contribution in [2.24, 2.45) is 0 Å². The molecule has 1 fully saturated rings. The average molecular weight is 228 g/mol. The Hall–Kier alpha value is -0.960. The number of furan rings is 1. The number of alkyl halides is 1. The van der Waals surface area contributed by atoms with E-state index < -0.39 is 0 Å². The first kappa shape index (κ1) is 10.6. The first-order valence-corrected chi connectivity index (χ1v) is 5.68. The van der Waals surface area contributed by atoms with E-state index in [2.05, 4.69) is 0 Å². The van der Waals surface area contributed by atoms with Crippen molar-refractivity contribution < 1.29 is 9.21 Å². The van der Waals surface area contributed by atoms with E-state index in [1.54, 1.807) is 6.07 Å². The number of amides is 1. The molecule has 0 aliphatic heterocycles. The lowest BCUT2D eigenvalue weighted by atomic mass is 10.2. The molecule has 0 N–H and O–H groups in total. The van der Waals surface area contributed by atoms with Crippen molar-refractivity contribution in [1.82, 2.24) is 4.90 Å². The molecule has 1 saturated carbocycles. The van der Waals surface area contributed by atoms with E-state index in [1.807, 2.05) is 11.8 Å². The van der Waals surface area contributed by atoms with Crippen LogP contribution >= 0.6 is 11.6 Å². The molecule has 0 aromatic carbocycles. The predicted molar refractivity (Wildman–Crippen MR) is 58.2 cm³/mol. The highest BCUT2D eigenvalue weighted by molar-refractivity contribution is 6.18. The van der Waals surface area contributed by atoms with E-state index in [0.29, 0.717) is 24.0 Å². The van der Waals surface area contributed by atoms with Gasteiger partial charge in [0, 0.05) is 18.5 Å². The number of carbonyl (C=O) groups is 1. The fraction of sp³-hybridized carbons (Fsp3) is 0.545. The average Bonchev–Trinajstić information content (AvgIpc) is 2.96. The van der Waals surface area contributed by atoms with Crippen LogP contribution in [0.2, 0.25) is 0 Å². The smallest absolute Gasteiger partial charge is 0.257 e. The maximum atomic E-state index is 12.0. The zero-order chi connectivity index (χ0) is 10.8. The Labute approximate surface area is 94.0 Å². The van der Waals surface area contributed by atoms with Gasteiger partial charge in [-0.1, -0.05) is 0 Å². The third-order valence-corrected chi connectivity index (χ3v) is 2.72. The minimum absolute atomic E-state index is 0.0370. The Bertz CT molecular complexity index is 357. The summed E-state index contributed by atoms with van der Waals surface area (Å²) in [6.45, 7) is 2.45. The molecule has 1 amide bonds. The van der Waals surface area contributed by atoms with Gasteiger partial charge in [0.25, 0.3) is 5.91 Å². The molecule has 4 heteroatoms. The summed E-state index contributed by atoms with van der Waals surface area (Å²) in [4.78, 5) is 13.9. The van der Waals surface area contributed by atoms with Gasteiger partial charge in [-0.3, -0.25) is 4.79 Å². The van der Waals surface area contributed by atoms with E-state index in [4.69, 9.17) is 16.0 Å². The summed E-state index contributed by atoms with van der Waals surface area (Å²) in [5.74, 6) is 1.29. The first-order chi connectivity index (χ1) is 7.22. The molecule has 0 saturated heterocycles. The minimum Gasteiger partial charge on any atom is -0.469 e. The van der Waals surface area contributed by atoms with Crippen LogP contribution in [0.5, 0.6) is 0 Å². The Morgan fingerprint density at radius 3 is 2.87 bits per heavy atom. The van der Waals surface area contributed by atoms with Crippen molar-refractivity contribution in [3.05, 3.63) is 23.7 Å². The minimum atomic E-state index is 0.0370. The number of aryl methyl sites for hydroxylation is 1. The van der Waals surface area contributed by atoms with Crippen molar-refractivity contribution >= 4 is 17.5 Å². The summed E-state index contributed by atoms with van der Waals surface area (Å²) in [5.41, 5.74) is 0.629. The Morgan fingerprint density at radius 2 is 2.40 bits per heavy atom. The van der Waals surface area contributed by atoms with Gasteiger partial charge in [-0.2, -0.15) is 0 Å². The number of rotatable bonds is 4. The molecule has 0 bridgehead atoms. The van der Waals surface area contributed by atoms with Gasteiger partial charge in [-0.15, -0.1) is 11.6 Å². The molecule has 0 radical (unpaired) electrons. The molecule has 3 nitrogen and oxygen atoms in total. The molecule has 1 aromatic rings.